The number of likely N-dealkylation sites (tertiary alicyclic amines) is 2. The molecule has 0 aromatic rings. The maximum absolute atomic E-state index is 12.6. The van der Waals surface area contributed by atoms with E-state index in [0.29, 0.717) is 32.5 Å². The summed E-state index contributed by atoms with van der Waals surface area (Å²) in [6.07, 6.45) is -2.01. The molecule has 1 atom stereocenters. The molecule has 2 aliphatic heterocycles. The molecular weight excluding hydrogens is 365 g/mol. The summed E-state index contributed by atoms with van der Waals surface area (Å²) in [4.78, 5) is 27.8. The second kappa shape index (κ2) is 7.85. The lowest BCUT2D eigenvalue weighted by Crippen LogP contribution is -2.47. The van der Waals surface area contributed by atoms with E-state index in [9.17, 15) is 22.8 Å². The molecule has 154 valence electrons. The average molecular weight is 392 g/mol. The number of carbonyl (C=O) groups excluding carboxylic acids is 2. The van der Waals surface area contributed by atoms with Crippen LogP contribution in [0.1, 0.15) is 44.9 Å². The number of hydrogen-bond donors (Lipinski definition) is 1. The number of ether oxygens (including phenoxy) is 1. The molecule has 27 heavy (non-hydrogen) atoms. The fourth-order valence-corrected chi connectivity index (χ4v) is 4.53. The summed E-state index contributed by atoms with van der Waals surface area (Å²) in [6.45, 7) is 0.722. The third kappa shape index (κ3) is 4.50. The van der Waals surface area contributed by atoms with Crippen LogP contribution in [-0.2, 0) is 9.53 Å². The Hall–Kier alpha value is -1.51. The van der Waals surface area contributed by atoms with Crippen LogP contribution in [0.4, 0.5) is 18.0 Å². The molecule has 1 spiro atoms. The Balaban J connectivity index is 1.50. The van der Waals surface area contributed by atoms with Crippen LogP contribution >= 0.6 is 0 Å². The molecule has 9 heteroatoms. The van der Waals surface area contributed by atoms with Crippen LogP contribution in [-0.4, -0.2) is 72.0 Å². The number of alkyl halides is 3. The minimum absolute atomic E-state index is 0.0501. The first-order valence-corrected chi connectivity index (χ1v) is 9.66. The highest BCUT2D eigenvalue weighted by Gasteiger charge is 2.46. The minimum Gasteiger partial charge on any atom is -0.434 e. The predicted molar refractivity (Wildman–Crippen MR) is 89.8 cm³/mol. The molecule has 3 aliphatic rings. The molecule has 1 unspecified atom stereocenters. The molecule has 2 heterocycles. The molecule has 0 radical (unpaired) electrons. The van der Waals surface area contributed by atoms with Gasteiger partial charge in [-0.25, -0.2) is 4.79 Å². The van der Waals surface area contributed by atoms with Crippen molar-refractivity contribution in [3.63, 3.8) is 0 Å². The maximum atomic E-state index is 12.6. The van der Waals surface area contributed by atoms with E-state index >= 15 is 0 Å². The van der Waals surface area contributed by atoms with Crippen LogP contribution < -0.4 is 0 Å². The number of rotatable bonds is 3. The third-order valence-corrected chi connectivity index (χ3v) is 6.31. The van der Waals surface area contributed by atoms with Crippen LogP contribution in [0.3, 0.4) is 0 Å². The standard InChI is InChI=1S/C18H27F3N2O4/c19-18(20,21)14(11-24)27-16(26)22-8-5-17(6-9-22)7-10-23(12-17)15(25)13-3-1-2-4-13/h13-14,24H,1-12H2. The summed E-state index contributed by atoms with van der Waals surface area (Å²) in [7, 11) is 0. The van der Waals surface area contributed by atoms with Crippen LogP contribution in [0, 0.1) is 11.3 Å². The summed E-state index contributed by atoms with van der Waals surface area (Å²) >= 11 is 0. The zero-order valence-corrected chi connectivity index (χ0v) is 15.3. The highest BCUT2D eigenvalue weighted by Crippen LogP contribution is 2.42. The second-order valence-corrected chi connectivity index (χ2v) is 8.07. The molecule has 0 aromatic heterocycles. The molecule has 3 rings (SSSR count). The molecular formula is C18H27F3N2O4. The summed E-state index contributed by atoms with van der Waals surface area (Å²) in [5, 5.41) is 8.79. The third-order valence-electron chi connectivity index (χ3n) is 6.31. The van der Waals surface area contributed by atoms with Gasteiger partial charge in [0.05, 0.1) is 6.61 Å². The summed E-state index contributed by atoms with van der Waals surface area (Å²) in [5.41, 5.74) is -0.0501. The molecule has 1 saturated carbocycles. The van der Waals surface area contributed by atoms with Crippen molar-refractivity contribution in [3.8, 4) is 0 Å². The lowest BCUT2D eigenvalue weighted by Gasteiger charge is -2.39. The van der Waals surface area contributed by atoms with Gasteiger partial charge in [-0.3, -0.25) is 4.79 Å². The number of aliphatic hydroxyl groups excluding tert-OH is 1. The number of hydrogen-bond acceptors (Lipinski definition) is 4. The van der Waals surface area contributed by atoms with E-state index in [2.05, 4.69) is 4.74 Å². The first-order valence-electron chi connectivity index (χ1n) is 9.66. The maximum Gasteiger partial charge on any atom is 0.427 e. The van der Waals surface area contributed by atoms with Gasteiger partial charge in [0.2, 0.25) is 12.0 Å². The van der Waals surface area contributed by atoms with Crippen molar-refractivity contribution < 1.29 is 32.6 Å². The summed E-state index contributed by atoms with van der Waals surface area (Å²) < 4.78 is 42.4. The van der Waals surface area contributed by atoms with Crippen molar-refractivity contribution in [3.05, 3.63) is 0 Å². The molecule has 6 nitrogen and oxygen atoms in total. The Kier molecular flexibility index (Phi) is 5.88. The van der Waals surface area contributed by atoms with Crippen LogP contribution in [0.2, 0.25) is 0 Å². The van der Waals surface area contributed by atoms with Crippen molar-refractivity contribution in [1.29, 1.82) is 0 Å². The van der Waals surface area contributed by atoms with Crippen LogP contribution in [0.15, 0.2) is 0 Å². The van der Waals surface area contributed by atoms with Gasteiger partial charge in [0.25, 0.3) is 0 Å². The van der Waals surface area contributed by atoms with Crippen LogP contribution in [0.25, 0.3) is 0 Å². The second-order valence-electron chi connectivity index (χ2n) is 8.07. The highest BCUT2D eigenvalue weighted by molar-refractivity contribution is 5.79. The quantitative estimate of drug-likeness (QED) is 0.802. The zero-order valence-electron chi connectivity index (χ0n) is 15.3. The number of carbonyl (C=O) groups is 2. The average Bonchev–Trinajstić information content (AvgIpc) is 3.29. The van der Waals surface area contributed by atoms with E-state index in [-0.39, 0.29) is 17.2 Å². The van der Waals surface area contributed by atoms with Crippen LogP contribution in [0.5, 0.6) is 0 Å². The monoisotopic (exact) mass is 392 g/mol. The van der Waals surface area contributed by atoms with Crippen molar-refractivity contribution in [2.24, 2.45) is 11.3 Å². The molecule has 0 aromatic carbocycles. The molecule has 1 N–H and O–H groups in total. The molecule has 3 fully saturated rings. The Bertz CT molecular complexity index is 555. The van der Waals surface area contributed by atoms with Gasteiger partial charge in [0.15, 0.2) is 0 Å². The SMILES string of the molecule is O=C(OC(CO)C(F)(F)F)N1CCC2(CC1)CCN(C(=O)C1CCCC1)C2. The van der Waals surface area contributed by atoms with Gasteiger partial charge in [-0.05, 0) is 37.5 Å². The Morgan fingerprint density at radius 1 is 1.07 bits per heavy atom. The zero-order chi connectivity index (χ0) is 19.7. The van der Waals surface area contributed by atoms with E-state index in [1.165, 1.54) is 4.90 Å². The van der Waals surface area contributed by atoms with Crippen molar-refractivity contribution in [2.45, 2.75) is 57.2 Å². The highest BCUT2D eigenvalue weighted by atomic mass is 19.4. The fourth-order valence-electron chi connectivity index (χ4n) is 4.53. The number of nitrogens with zero attached hydrogens (tertiary/aromatic N) is 2. The van der Waals surface area contributed by atoms with Gasteiger partial charge in [0, 0.05) is 32.1 Å². The van der Waals surface area contributed by atoms with E-state index < -0.39 is 25.0 Å². The van der Waals surface area contributed by atoms with Crippen molar-refractivity contribution in [1.82, 2.24) is 9.80 Å². The van der Waals surface area contributed by atoms with Gasteiger partial charge >= 0.3 is 12.3 Å². The van der Waals surface area contributed by atoms with E-state index in [0.717, 1.165) is 38.6 Å². The van der Waals surface area contributed by atoms with Gasteiger partial charge in [0.1, 0.15) is 0 Å². The minimum atomic E-state index is -4.78. The van der Waals surface area contributed by atoms with Crippen molar-refractivity contribution >= 4 is 12.0 Å². The van der Waals surface area contributed by atoms with Gasteiger partial charge in [-0.15, -0.1) is 0 Å². The normalized spacial score (nSPS) is 24.4. The van der Waals surface area contributed by atoms with Crippen molar-refractivity contribution in [2.75, 3.05) is 32.8 Å². The number of amides is 2. The number of aliphatic hydroxyl groups is 1. The summed E-state index contributed by atoms with van der Waals surface area (Å²) in [6, 6.07) is 0. The largest absolute Gasteiger partial charge is 0.434 e. The van der Waals surface area contributed by atoms with E-state index in [4.69, 9.17) is 5.11 Å². The fraction of sp³-hybridized carbons (Fsp3) is 0.889. The van der Waals surface area contributed by atoms with E-state index in [1.807, 2.05) is 4.90 Å². The lowest BCUT2D eigenvalue weighted by molar-refractivity contribution is -0.215. The molecule has 2 saturated heterocycles. The van der Waals surface area contributed by atoms with Gasteiger partial charge in [-0.1, -0.05) is 12.8 Å². The van der Waals surface area contributed by atoms with E-state index in [1.54, 1.807) is 0 Å². The number of halogens is 3. The molecule has 1 aliphatic carbocycles. The molecule has 0 bridgehead atoms. The predicted octanol–water partition coefficient (Wildman–Crippen LogP) is 2.55. The Morgan fingerprint density at radius 3 is 2.15 bits per heavy atom. The Labute approximate surface area is 156 Å². The molecule has 2 amide bonds. The first kappa shape index (κ1) is 20.2. The Morgan fingerprint density at radius 2 is 1.63 bits per heavy atom. The summed E-state index contributed by atoms with van der Waals surface area (Å²) in [5.74, 6) is 0.384. The van der Waals surface area contributed by atoms with Gasteiger partial charge in [-0.2, -0.15) is 13.2 Å². The first-order chi connectivity index (χ1) is 12.7. The lowest BCUT2D eigenvalue weighted by atomic mass is 9.78. The smallest absolute Gasteiger partial charge is 0.427 e. The number of piperidine rings is 1. The van der Waals surface area contributed by atoms with Gasteiger partial charge < -0.3 is 19.6 Å². The topological polar surface area (TPSA) is 70.1 Å².